The summed E-state index contributed by atoms with van der Waals surface area (Å²) < 4.78 is 37.6. The number of benzene rings is 2. The molecule has 2 aromatic carbocycles. The second kappa shape index (κ2) is 8.62. The van der Waals surface area contributed by atoms with Gasteiger partial charge in [-0.05, 0) is 36.2 Å². The van der Waals surface area contributed by atoms with Crippen LogP contribution in [0.3, 0.4) is 0 Å². The van der Waals surface area contributed by atoms with Crippen LogP contribution in [0.4, 0.5) is 8.78 Å². The van der Waals surface area contributed by atoms with E-state index in [0.29, 0.717) is 49.0 Å². The average molecular weight is 361 g/mol. The Hall–Kier alpha value is -2.67. The maximum absolute atomic E-state index is 13.8. The van der Waals surface area contributed by atoms with Gasteiger partial charge in [-0.25, -0.2) is 8.78 Å². The van der Waals surface area contributed by atoms with Crippen molar-refractivity contribution < 1.29 is 18.3 Å². The molecule has 2 N–H and O–H groups in total. The first-order valence-corrected chi connectivity index (χ1v) is 8.36. The Morgan fingerprint density at radius 2 is 2.04 bits per heavy atom. The van der Waals surface area contributed by atoms with Gasteiger partial charge in [0.1, 0.15) is 17.4 Å². The van der Waals surface area contributed by atoms with E-state index < -0.39 is 0 Å². The lowest BCUT2D eigenvalue weighted by Crippen LogP contribution is -2.38. The van der Waals surface area contributed by atoms with E-state index in [1.54, 1.807) is 13.1 Å². The summed E-state index contributed by atoms with van der Waals surface area (Å²) in [7, 11) is 1.66. The number of hydrogen-bond acceptors (Lipinski definition) is 3. The van der Waals surface area contributed by atoms with Gasteiger partial charge in [-0.3, -0.25) is 4.99 Å². The topological polar surface area (TPSA) is 54.9 Å². The maximum atomic E-state index is 13.8. The van der Waals surface area contributed by atoms with Gasteiger partial charge in [0.25, 0.3) is 0 Å². The van der Waals surface area contributed by atoms with Gasteiger partial charge in [0.15, 0.2) is 12.8 Å². The molecule has 0 atom stereocenters. The van der Waals surface area contributed by atoms with Crippen molar-refractivity contribution >= 4 is 5.96 Å². The highest BCUT2D eigenvalue weighted by Gasteiger charge is 2.17. The summed E-state index contributed by atoms with van der Waals surface area (Å²) in [5.74, 6) is 0.653. The molecule has 0 saturated heterocycles. The summed E-state index contributed by atoms with van der Waals surface area (Å²) in [6, 6.07) is 9.36. The van der Waals surface area contributed by atoms with Crippen molar-refractivity contribution in [2.45, 2.75) is 19.6 Å². The van der Waals surface area contributed by atoms with E-state index in [-0.39, 0.29) is 18.4 Å². The average Bonchev–Trinajstić information content (AvgIpc) is 2.64. The van der Waals surface area contributed by atoms with Gasteiger partial charge in [0, 0.05) is 31.3 Å². The first-order chi connectivity index (χ1) is 12.7. The number of aliphatic imine (C=N–C) groups is 1. The van der Waals surface area contributed by atoms with Gasteiger partial charge in [0.05, 0.1) is 6.61 Å². The fourth-order valence-corrected chi connectivity index (χ4v) is 2.81. The van der Waals surface area contributed by atoms with Crippen LogP contribution in [0, 0.1) is 11.6 Å². The van der Waals surface area contributed by atoms with Crippen LogP contribution in [0.5, 0.6) is 5.75 Å². The number of hydrogen-bond donors (Lipinski definition) is 2. The second-order valence-corrected chi connectivity index (χ2v) is 5.90. The number of halogens is 2. The van der Waals surface area contributed by atoms with E-state index in [0.717, 1.165) is 5.56 Å². The third kappa shape index (κ3) is 4.70. The minimum Gasteiger partial charge on any atom is -0.467 e. The number of ether oxygens (including phenoxy) is 2. The van der Waals surface area contributed by atoms with Crippen LogP contribution in [-0.2, 0) is 24.3 Å². The number of guanidine groups is 1. The lowest BCUT2D eigenvalue weighted by Gasteiger charge is -2.21. The van der Waals surface area contributed by atoms with Crippen molar-refractivity contribution in [3.05, 3.63) is 64.7 Å². The number of rotatable bonds is 5. The van der Waals surface area contributed by atoms with E-state index >= 15 is 0 Å². The Balaban J connectivity index is 1.55. The summed E-state index contributed by atoms with van der Waals surface area (Å²) in [4.78, 5) is 4.15. The molecule has 2 aromatic rings. The highest BCUT2D eigenvalue weighted by atomic mass is 19.1. The second-order valence-electron chi connectivity index (χ2n) is 5.90. The molecule has 0 aromatic heterocycles. The fourth-order valence-electron chi connectivity index (χ4n) is 2.81. The van der Waals surface area contributed by atoms with Gasteiger partial charge in [-0.15, -0.1) is 0 Å². The predicted octanol–water partition coefficient (Wildman–Crippen LogP) is 2.74. The summed E-state index contributed by atoms with van der Waals surface area (Å²) in [6.45, 7) is 1.45. The molecule has 0 saturated carbocycles. The van der Waals surface area contributed by atoms with Crippen molar-refractivity contribution in [3.63, 3.8) is 0 Å². The van der Waals surface area contributed by atoms with Crippen LogP contribution in [0.2, 0.25) is 0 Å². The molecule has 0 bridgehead atoms. The van der Waals surface area contributed by atoms with Crippen LogP contribution in [0.15, 0.2) is 41.4 Å². The molecule has 0 unspecified atom stereocenters. The first-order valence-electron chi connectivity index (χ1n) is 8.36. The molecular formula is C19H21F2N3O2. The normalized spacial score (nSPS) is 13.7. The Labute approximate surface area is 151 Å². The zero-order valence-corrected chi connectivity index (χ0v) is 14.5. The summed E-state index contributed by atoms with van der Waals surface area (Å²) in [6.07, 6.45) is 0.661. The first kappa shape index (κ1) is 18.1. The number of nitrogens with one attached hydrogen (secondary N) is 2. The van der Waals surface area contributed by atoms with Crippen molar-refractivity contribution in [1.29, 1.82) is 0 Å². The third-order valence-electron chi connectivity index (χ3n) is 4.02. The lowest BCUT2D eigenvalue weighted by molar-refractivity contribution is -0.0172. The highest BCUT2D eigenvalue weighted by Crippen LogP contribution is 2.29. The molecule has 0 radical (unpaired) electrons. The molecule has 0 spiro atoms. The third-order valence-corrected chi connectivity index (χ3v) is 4.02. The fraction of sp³-hybridized carbons (Fsp3) is 0.316. The van der Waals surface area contributed by atoms with Crippen molar-refractivity contribution in [2.75, 3.05) is 20.4 Å². The van der Waals surface area contributed by atoms with E-state index in [9.17, 15) is 8.78 Å². The number of nitrogens with zero attached hydrogens (tertiary/aromatic N) is 1. The zero-order chi connectivity index (χ0) is 18.4. The van der Waals surface area contributed by atoms with Crippen LogP contribution in [0.25, 0.3) is 0 Å². The Bertz CT molecular complexity index is 796. The summed E-state index contributed by atoms with van der Waals surface area (Å²) in [5.41, 5.74) is 2.30. The van der Waals surface area contributed by atoms with Gasteiger partial charge >= 0.3 is 0 Å². The van der Waals surface area contributed by atoms with E-state index in [2.05, 4.69) is 15.6 Å². The van der Waals surface area contributed by atoms with Gasteiger partial charge in [-0.1, -0.05) is 12.1 Å². The lowest BCUT2D eigenvalue weighted by atomic mass is 10.1. The Morgan fingerprint density at radius 3 is 2.85 bits per heavy atom. The van der Waals surface area contributed by atoms with Crippen molar-refractivity contribution in [3.8, 4) is 5.75 Å². The predicted molar refractivity (Wildman–Crippen MR) is 95.0 cm³/mol. The molecule has 1 heterocycles. The van der Waals surface area contributed by atoms with Crippen molar-refractivity contribution in [1.82, 2.24) is 10.6 Å². The SMILES string of the molecule is CN=C(NCCc1cccc(F)c1)NCc1cc(F)cc2c1OCOC2. The van der Waals surface area contributed by atoms with E-state index in [4.69, 9.17) is 9.47 Å². The van der Waals surface area contributed by atoms with Gasteiger partial charge < -0.3 is 20.1 Å². The molecule has 7 heteroatoms. The molecule has 26 heavy (non-hydrogen) atoms. The maximum Gasteiger partial charge on any atom is 0.191 e. The minimum absolute atomic E-state index is 0.159. The molecule has 1 aliphatic rings. The number of fused-ring (bicyclic) bond motifs is 1. The monoisotopic (exact) mass is 361 g/mol. The molecule has 3 rings (SSSR count). The Morgan fingerprint density at radius 1 is 1.15 bits per heavy atom. The van der Waals surface area contributed by atoms with Crippen LogP contribution in [-0.4, -0.2) is 26.3 Å². The van der Waals surface area contributed by atoms with E-state index in [1.807, 2.05) is 6.07 Å². The van der Waals surface area contributed by atoms with Crippen LogP contribution in [0.1, 0.15) is 16.7 Å². The van der Waals surface area contributed by atoms with Gasteiger partial charge in [-0.2, -0.15) is 0 Å². The molecule has 0 fully saturated rings. The standard InChI is InChI=1S/C19H21F2N3O2/c1-22-19(23-6-5-13-3-2-4-16(20)7-13)24-10-14-8-17(21)9-15-11-25-12-26-18(14)15/h2-4,7-9H,5-6,10-12H2,1H3,(H2,22,23,24). The smallest absolute Gasteiger partial charge is 0.191 e. The van der Waals surface area contributed by atoms with Crippen molar-refractivity contribution in [2.24, 2.45) is 4.99 Å². The Kier molecular flexibility index (Phi) is 6.01. The highest BCUT2D eigenvalue weighted by molar-refractivity contribution is 5.79. The van der Waals surface area contributed by atoms with Crippen LogP contribution < -0.4 is 15.4 Å². The summed E-state index contributed by atoms with van der Waals surface area (Å²) >= 11 is 0. The molecule has 0 amide bonds. The molecule has 5 nitrogen and oxygen atoms in total. The minimum atomic E-state index is -0.330. The molecule has 0 aliphatic carbocycles. The molecule has 138 valence electrons. The summed E-state index contributed by atoms with van der Waals surface area (Å²) in [5, 5.41) is 6.30. The van der Waals surface area contributed by atoms with E-state index in [1.165, 1.54) is 24.3 Å². The molecular weight excluding hydrogens is 340 g/mol. The quantitative estimate of drug-likeness (QED) is 0.635. The van der Waals surface area contributed by atoms with Gasteiger partial charge in [0.2, 0.25) is 0 Å². The zero-order valence-electron chi connectivity index (χ0n) is 14.5. The largest absolute Gasteiger partial charge is 0.467 e. The molecule has 1 aliphatic heterocycles. The van der Waals surface area contributed by atoms with Crippen LogP contribution >= 0.6 is 0 Å².